The number of terminal acetylenes is 1. The summed E-state index contributed by atoms with van der Waals surface area (Å²) >= 11 is 0.960. The number of hydrogen-bond donors (Lipinski definition) is 0. The van der Waals surface area contributed by atoms with Gasteiger partial charge in [0.25, 0.3) is 0 Å². The Bertz CT molecular complexity index is 1300. The number of nitrogens with zero attached hydrogens (tertiary/aromatic N) is 3. The molecular weight excluding hydrogens is 384 g/mol. The number of carbonyl (C=O) groups excluding carboxylic acids is 1. The van der Waals surface area contributed by atoms with Crippen molar-refractivity contribution in [2.45, 2.75) is 6.54 Å². The largest absolute Gasteiger partial charge is 0.355 e. The van der Waals surface area contributed by atoms with Gasteiger partial charge in [-0.1, -0.05) is 52.7 Å². The van der Waals surface area contributed by atoms with Crippen LogP contribution in [-0.4, -0.2) is 15.6 Å². The number of benzene rings is 2. The van der Waals surface area contributed by atoms with Gasteiger partial charge < -0.3 is 9.09 Å². The summed E-state index contributed by atoms with van der Waals surface area (Å²) < 4.78 is 34.6. The molecule has 0 saturated carbocycles. The lowest BCUT2D eigenvalue weighted by Crippen LogP contribution is -2.17. The second kappa shape index (κ2) is 7.21. The average molecular weight is 395 g/mol. The van der Waals surface area contributed by atoms with E-state index in [1.807, 2.05) is 30.3 Å². The Morgan fingerprint density at radius 1 is 1.25 bits per heavy atom. The first-order valence-corrected chi connectivity index (χ1v) is 8.91. The third-order valence-electron chi connectivity index (χ3n) is 3.93. The van der Waals surface area contributed by atoms with E-state index in [4.69, 9.17) is 10.9 Å². The smallest absolute Gasteiger partial charge is 0.301 e. The fourth-order valence-electron chi connectivity index (χ4n) is 2.71. The molecule has 0 bridgehead atoms. The predicted octanol–water partition coefficient (Wildman–Crippen LogP) is 4.01. The van der Waals surface area contributed by atoms with Crippen LogP contribution >= 0.6 is 11.3 Å². The van der Waals surface area contributed by atoms with E-state index in [-0.39, 0.29) is 22.6 Å². The second-order valence-electron chi connectivity index (χ2n) is 5.77. The van der Waals surface area contributed by atoms with E-state index in [1.54, 1.807) is 0 Å². The van der Waals surface area contributed by atoms with Crippen LogP contribution in [0.3, 0.4) is 0 Å². The highest BCUT2D eigenvalue weighted by Crippen LogP contribution is 2.23. The third-order valence-corrected chi connectivity index (χ3v) is 4.95. The number of aromatic nitrogens is 2. The van der Waals surface area contributed by atoms with Crippen molar-refractivity contribution >= 4 is 27.5 Å². The first kappa shape index (κ1) is 17.8. The van der Waals surface area contributed by atoms with Crippen LogP contribution < -0.4 is 4.80 Å². The SMILES string of the molecule is C#CCn1c(=NC(=O)c2cc(-c3ccccc3)on2)sc2cc(F)cc(F)c21. The molecule has 2 aromatic carbocycles. The summed E-state index contributed by atoms with van der Waals surface area (Å²) in [6.07, 6.45) is 5.35. The Morgan fingerprint density at radius 2 is 2.04 bits per heavy atom. The summed E-state index contributed by atoms with van der Waals surface area (Å²) in [7, 11) is 0. The van der Waals surface area contributed by atoms with Gasteiger partial charge in [-0.2, -0.15) is 4.99 Å². The molecule has 8 heteroatoms. The van der Waals surface area contributed by atoms with Gasteiger partial charge in [0.2, 0.25) is 0 Å². The number of carbonyl (C=O) groups is 1. The highest BCUT2D eigenvalue weighted by Gasteiger charge is 2.16. The highest BCUT2D eigenvalue weighted by atomic mass is 32.1. The maximum atomic E-state index is 14.2. The van der Waals surface area contributed by atoms with E-state index in [9.17, 15) is 13.6 Å². The van der Waals surface area contributed by atoms with Gasteiger partial charge in [0.15, 0.2) is 22.1 Å². The first-order valence-electron chi connectivity index (χ1n) is 8.10. The van der Waals surface area contributed by atoms with E-state index in [0.29, 0.717) is 10.5 Å². The average Bonchev–Trinajstić information content (AvgIpc) is 3.29. The molecule has 4 rings (SSSR count). The minimum atomic E-state index is -0.775. The van der Waals surface area contributed by atoms with Crippen LogP contribution in [0.15, 0.2) is 58.0 Å². The van der Waals surface area contributed by atoms with Crippen molar-refractivity contribution in [2.24, 2.45) is 4.99 Å². The zero-order chi connectivity index (χ0) is 19.7. The van der Waals surface area contributed by atoms with Crippen molar-refractivity contribution < 1.29 is 18.1 Å². The van der Waals surface area contributed by atoms with Crippen LogP contribution in [0.2, 0.25) is 0 Å². The van der Waals surface area contributed by atoms with Crippen molar-refractivity contribution in [3.63, 3.8) is 0 Å². The number of thiazole rings is 1. The van der Waals surface area contributed by atoms with Crippen LogP contribution in [0.4, 0.5) is 8.78 Å². The van der Waals surface area contributed by atoms with E-state index in [1.165, 1.54) is 16.7 Å². The van der Waals surface area contributed by atoms with Gasteiger partial charge in [-0.25, -0.2) is 8.78 Å². The van der Waals surface area contributed by atoms with E-state index < -0.39 is 17.5 Å². The molecular formula is C20H11F2N3O2S. The van der Waals surface area contributed by atoms with Crippen LogP contribution in [0.1, 0.15) is 10.5 Å². The molecule has 1 amide bonds. The first-order chi connectivity index (χ1) is 13.6. The molecule has 4 aromatic rings. The molecule has 2 heterocycles. The third kappa shape index (κ3) is 3.23. The summed E-state index contributed by atoms with van der Waals surface area (Å²) in [5.41, 5.74) is 0.854. The van der Waals surface area contributed by atoms with E-state index in [0.717, 1.165) is 23.0 Å². The summed E-state index contributed by atoms with van der Waals surface area (Å²) in [5.74, 6) is 0.631. The summed E-state index contributed by atoms with van der Waals surface area (Å²) in [6.45, 7) is -0.0251. The monoisotopic (exact) mass is 395 g/mol. The molecule has 138 valence electrons. The topological polar surface area (TPSA) is 60.4 Å². The van der Waals surface area contributed by atoms with Crippen LogP contribution in [0.5, 0.6) is 0 Å². The molecule has 0 radical (unpaired) electrons. The van der Waals surface area contributed by atoms with Crippen molar-refractivity contribution in [3.05, 3.63) is 70.7 Å². The quantitative estimate of drug-likeness (QED) is 0.493. The Hall–Kier alpha value is -3.57. The maximum Gasteiger partial charge on any atom is 0.301 e. The normalized spacial score (nSPS) is 11.7. The molecule has 0 unspecified atom stereocenters. The Balaban J connectivity index is 1.79. The Morgan fingerprint density at radius 3 is 2.79 bits per heavy atom. The van der Waals surface area contributed by atoms with Gasteiger partial charge in [-0.3, -0.25) is 4.79 Å². The van der Waals surface area contributed by atoms with Crippen molar-refractivity contribution in [1.82, 2.24) is 9.72 Å². The summed E-state index contributed by atoms with van der Waals surface area (Å²) in [4.78, 5) is 16.7. The van der Waals surface area contributed by atoms with Crippen LogP contribution in [0.25, 0.3) is 21.5 Å². The summed E-state index contributed by atoms with van der Waals surface area (Å²) in [5, 5.41) is 3.75. The Kier molecular flexibility index (Phi) is 4.59. The molecule has 2 aromatic heterocycles. The lowest BCUT2D eigenvalue weighted by Gasteiger charge is -2.00. The van der Waals surface area contributed by atoms with Crippen LogP contribution in [-0.2, 0) is 6.54 Å². The van der Waals surface area contributed by atoms with Crippen molar-refractivity contribution in [1.29, 1.82) is 0 Å². The molecule has 0 N–H and O–H groups in total. The molecule has 5 nitrogen and oxygen atoms in total. The molecule has 0 spiro atoms. The number of hydrogen-bond acceptors (Lipinski definition) is 4. The van der Waals surface area contributed by atoms with Gasteiger partial charge >= 0.3 is 5.91 Å². The van der Waals surface area contributed by atoms with Crippen molar-refractivity contribution in [2.75, 3.05) is 0 Å². The number of rotatable bonds is 3. The molecule has 0 fully saturated rings. The molecule has 28 heavy (non-hydrogen) atoms. The fourth-order valence-corrected chi connectivity index (χ4v) is 3.78. The minimum Gasteiger partial charge on any atom is -0.355 e. The minimum absolute atomic E-state index is 0.00443. The lowest BCUT2D eigenvalue weighted by atomic mass is 10.1. The molecule has 0 atom stereocenters. The molecule has 0 aliphatic carbocycles. The molecule has 0 aliphatic heterocycles. The van der Waals surface area contributed by atoms with Gasteiger partial charge in [-0.05, 0) is 6.07 Å². The van der Waals surface area contributed by atoms with Gasteiger partial charge in [-0.15, -0.1) is 6.42 Å². The van der Waals surface area contributed by atoms with Crippen molar-refractivity contribution in [3.8, 4) is 23.7 Å². The van der Waals surface area contributed by atoms with Gasteiger partial charge in [0.1, 0.15) is 5.82 Å². The zero-order valence-corrected chi connectivity index (χ0v) is 15.0. The van der Waals surface area contributed by atoms with E-state index in [2.05, 4.69) is 16.1 Å². The lowest BCUT2D eigenvalue weighted by molar-refractivity contribution is 0.0989. The zero-order valence-electron chi connectivity index (χ0n) is 14.2. The summed E-state index contributed by atoms with van der Waals surface area (Å²) in [6, 6.07) is 12.6. The standard InChI is InChI=1S/C20H11F2N3O2S/c1-2-8-25-18-14(22)9-13(21)10-17(18)28-20(25)23-19(26)15-11-16(27-24-15)12-6-4-3-5-7-12/h1,3-7,9-11H,8H2. The highest BCUT2D eigenvalue weighted by molar-refractivity contribution is 7.16. The maximum absolute atomic E-state index is 14.2. The second-order valence-corrected chi connectivity index (χ2v) is 6.78. The Labute approximate surface area is 161 Å². The van der Waals surface area contributed by atoms with Gasteiger partial charge in [0.05, 0.1) is 16.8 Å². The number of halogens is 2. The molecule has 0 saturated heterocycles. The van der Waals surface area contributed by atoms with E-state index >= 15 is 0 Å². The predicted molar refractivity (Wildman–Crippen MR) is 100 cm³/mol. The fraction of sp³-hybridized carbons (Fsp3) is 0.0500. The van der Waals surface area contributed by atoms with Gasteiger partial charge in [0, 0.05) is 17.7 Å². The molecule has 0 aliphatic rings. The number of amides is 1. The van der Waals surface area contributed by atoms with Crippen LogP contribution in [0, 0.1) is 24.0 Å². The number of fused-ring (bicyclic) bond motifs is 1.